The molecule has 0 heterocycles. The van der Waals surface area contributed by atoms with E-state index in [1.54, 1.807) is 0 Å². The van der Waals surface area contributed by atoms with E-state index in [-0.39, 0.29) is 0 Å². The first kappa shape index (κ1) is 11.9. The lowest BCUT2D eigenvalue weighted by molar-refractivity contribution is -0.388. The third-order valence-electron chi connectivity index (χ3n) is 1.78. The van der Waals surface area contributed by atoms with E-state index < -0.39 is 34.3 Å². The zero-order valence-electron chi connectivity index (χ0n) is 8.21. The Kier molecular flexibility index (Phi) is 3.39. The molecule has 0 bridgehead atoms. The summed E-state index contributed by atoms with van der Waals surface area (Å²) in [5, 5.41) is 19.1. The third-order valence-corrected chi connectivity index (χ3v) is 1.78. The van der Waals surface area contributed by atoms with Crippen LogP contribution >= 0.6 is 0 Å². The number of carboxylic acid groups (broad SMARTS) is 1. The van der Waals surface area contributed by atoms with Crippen LogP contribution in [0.4, 0.5) is 10.1 Å². The third kappa shape index (κ3) is 2.44. The fourth-order valence-corrected chi connectivity index (χ4v) is 1.01. The van der Waals surface area contributed by atoms with Gasteiger partial charge < -0.3 is 9.84 Å². The number of halogens is 1. The molecule has 0 saturated heterocycles. The van der Waals surface area contributed by atoms with Crippen LogP contribution in [-0.2, 0) is 4.79 Å². The monoisotopic (exact) mass is 229 g/mol. The number of hydrogen-bond acceptors (Lipinski definition) is 4. The van der Waals surface area contributed by atoms with E-state index in [0.29, 0.717) is 0 Å². The lowest BCUT2D eigenvalue weighted by Gasteiger charge is -2.10. The summed E-state index contributed by atoms with van der Waals surface area (Å²) in [7, 11) is 0. The summed E-state index contributed by atoms with van der Waals surface area (Å²) in [5.41, 5.74) is -0.865. The SMILES string of the molecule is CC(Oc1cccc(F)c1[N+](=O)[O-])C(=O)O. The van der Waals surface area contributed by atoms with Crippen molar-refractivity contribution in [1.82, 2.24) is 0 Å². The van der Waals surface area contributed by atoms with Gasteiger partial charge in [-0.1, -0.05) is 6.07 Å². The number of aliphatic carboxylic acids is 1. The highest BCUT2D eigenvalue weighted by molar-refractivity contribution is 5.72. The van der Waals surface area contributed by atoms with Crippen molar-refractivity contribution in [2.45, 2.75) is 13.0 Å². The second kappa shape index (κ2) is 4.56. The topological polar surface area (TPSA) is 89.7 Å². The molecule has 1 rings (SSSR count). The summed E-state index contributed by atoms with van der Waals surface area (Å²) in [6.45, 7) is 1.19. The first-order valence-electron chi connectivity index (χ1n) is 4.26. The number of carboxylic acids is 1. The Bertz CT molecular complexity index is 434. The van der Waals surface area contributed by atoms with Gasteiger partial charge in [0.25, 0.3) is 0 Å². The first-order chi connectivity index (χ1) is 7.43. The molecule has 7 heteroatoms. The van der Waals surface area contributed by atoms with E-state index in [1.165, 1.54) is 13.0 Å². The van der Waals surface area contributed by atoms with Gasteiger partial charge >= 0.3 is 11.7 Å². The first-order valence-corrected chi connectivity index (χ1v) is 4.26. The van der Waals surface area contributed by atoms with Gasteiger partial charge in [-0.2, -0.15) is 4.39 Å². The van der Waals surface area contributed by atoms with Gasteiger partial charge in [0, 0.05) is 0 Å². The lowest BCUT2D eigenvalue weighted by atomic mass is 10.3. The number of para-hydroxylation sites is 1. The number of ether oxygens (including phenoxy) is 1. The lowest BCUT2D eigenvalue weighted by Crippen LogP contribution is -2.23. The quantitative estimate of drug-likeness (QED) is 0.625. The predicted molar refractivity (Wildman–Crippen MR) is 50.8 cm³/mol. The molecule has 1 N–H and O–H groups in total. The van der Waals surface area contributed by atoms with Gasteiger partial charge in [0.1, 0.15) is 0 Å². The Morgan fingerprint density at radius 2 is 2.25 bits per heavy atom. The average Bonchev–Trinajstić information content (AvgIpc) is 2.16. The molecule has 0 radical (unpaired) electrons. The van der Waals surface area contributed by atoms with E-state index >= 15 is 0 Å². The summed E-state index contributed by atoms with van der Waals surface area (Å²) in [6, 6.07) is 3.24. The van der Waals surface area contributed by atoms with Gasteiger partial charge in [-0.25, -0.2) is 4.79 Å². The number of hydrogen-bond donors (Lipinski definition) is 1. The van der Waals surface area contributed by atoms with Crippen LogP contribution in [0.2, 0.25) is 0 Å². The molecule has 0 aliphatic heterocycles. The second-order valence-electron chi connectivity index (χ2n) is 2.94. The molecule has 0 amide bonds. The fraction of sp³-hybridized carbons (Fsp3) is 0.222. The van der Waals surface area contributed by atoms with E-state index in [4.69, 9.17) is 9.84 Å². The molecule has 0 fully saturated rings. The highest BCUT2D eigenvalue weighted by Gasteiger charge is 2.24. The number of nitrogens with zero attached hydrogens (tertiary/aromatic N) is 1. The van der Waals surface area contributed by atoms with Crippen LogP contribution in [0.25, 0.3) is 0 Å². The summed E-state index contributed by atoms with van der Waals surface area (Å²) < 4.78 is 17.9. The number of carbonyl (C=O) groups is 1. The van der Waals surface area contributed by atoms with Crippen LogP contribution in [-0.4, -0.2) is 22.1 Å². The van der Waals surface area contributed by atoms with E-state index in [2.05, 4.69) is 0 Å². The molecular formula is C9H8FNO5. The maximum atomic E-state index is 13.1. The molecule has 0 aromatic heterocycles. The highest BCUT2D eigenvalue weighted by atomic mass is 19.1. The molecule has 1 unspecified atom stereocenters. The highest BCUT2D eigenvalue weighted by Crippen LogP contribution is 2.30. The fourth-order valence-electron chi connectivity index (χ4n) is 1.01. The molecule has 86 valence electrons. The normalized spacial score (nSPS) is 11.9. The van der Waals surface area contributed by atoms with Crippen LogP contribution in [0.15, 0.2) is 18.2 Å². The summed E-state index contributed by atoms with van der Waals surface area (Å²) in [5.74, 6) is -2.77. The Hall–Kier alpha value is -2.18. The summed E-state index contributed by atoms with van der Waals surface area (Å²) >= 11 is 0. The minimum Gasteiger partial charge on any atom is -0.479 e. The van der Waals surface area contributed by atoms with Crippen LogP contribution in [0, 0.1) is 15.9 Å². The summed E-state index contributed by atoms with van der Waals surface area (Å²) in [6.07, 6.45) is -1.29. The van der Waals surface area contributed by atoms with Gasteiger partial charge in [-0.05, 0) is 19.1 Å². The second-order valence-corrected chi connectivity index (χ2v) is 2.94. The Labute approximate surface area is 89.4 Å². The van der Waals surface area contributed by atoms with Crippen LogP contribution in [0.3, 0.4) is 0 Å². The van der Waals surface area contributed by atoms with E-state index in [9.17, 15) is 19.3 Å². The molecule has 6 nitrogen and oxygen atoms in total. The average molecular weight is 229 g/mol. The largest absolute Gasteiger partial charge is 0.479 e. The van der Waals surface area contributed by atoms with Crippen molar-refractivity contribution < 1.29 is 24.0 Å². The maximum Gasteiger partial charge on any atom is 0.346 e. The zero-order valence-corrected chi connectivity index (χ0v) is 8.21. The van der Waals surface area contributed by atoms with E-state index in [1.807, 2.05) is 0 Å². The minimum atomic E-state index is -1.29. The standard InChI is InChI=1S/C9H8FNO5/c1-5(9(12)13)16-7-4-2-3-6(10)8(7)11(14)15/h2-5H,1H3,(H,12,13). The number of benzene rings is 1. The molecule has 1 aromatic carbocycles. The molecule has 0 aliphatic carbocycles. The smallest absolute Gasteiger partial charge is 0.346 e. The van der Waals surface area contributed by atoms with Crippen LogP contribution in [0.1, 0.15) is 6.92 Å². The van der Waals surface area contributed by atoms with Crippen molar-refractivity contribution >= 4 is 11.7 Å². The van der Waals surface area contributed by atoms with Gasteiger partial charge in [0.05, 0.1) is 4.92 Å². The molecule has 0 aliphatic rings. The summed E-state index contributed by atoms with van der Waals surface area (Å²) in [4.78, 5) is 20.1. The molecule has 0 saturated carbocycles. The number of nitro benzene ring substituents is 1. The molecule has 1 aromatic rings. The Morgan fingerprint density at radius 3 is 2.75 bits per heavy atom. The Balaban J connectivity index is 3.09. The zero-order chi connectivity index (χ0) is 12.3. The maximum absolute atomic E-state index is 13.1. The van der Waals surface area contributed by atoms with Crippen LogP contribution < -0.4 is 4.74 Å². The van der Waals surface area contributed by atoms with Crippen molar-refractivity contribution in [3.05, 3.63) is 34.1 Å². The molecule has 16 heavy (non-hydrogen) atoms. The van der Waals surface area contributed by atoms with Crippen molar-refractivity contribution in [2.24, 2.45) is 0 Å². The van der Waals surface area contributed by atoms with Gasteiger partial charge in [-0.15, -0.1) is 0 Å². The molecule has 1 atom stereocenters. The van der Waals surface area contributed by atoms with Crippen molar-refractivity contribution in [3.63, 3.8) is 0 Å². The van der Waals surface area contributed by atoms with Crippen LogP contribution in [0.5, 0.6) is 5.75 Å². The minimum absolute atomic E-state index is 0.403. The molecular weight excluding hydrogens is 221 g/mol. The predicted octanol–water partition coefficient (Wildman–Crippen LogP) is 1.59. The number of nitro groups is 1. The van der Waals surface area contributed by atoms with Gasteiger partial charge in [0.2, 0.25) is 11.6 Å². The number of rotatable bonds is 4. The van der Waals surface area contributed by atoms with Gasteiger partial charge in [-0.3, -0.25) is 10.1 Å². The molecule has 0 spiro atoms. The van der Waals surface area contributed by atoms with Gasteiger partial charge in [0.15, 0.2) is 6.10 Å². The van der Waals surface area contributed by atoms with Crippen molar-refractivity contribution in [2.75, 3.05) is 0 Å². The van der Waals surface area contributed by atoms with E-state index in [0.717, 1.165) is 12.1 Å². The Morgan fingerprint density at radius 1 is 1.62 bits per heavy atom. The van der Waals surface area contributed by atoms with Crippen molar-refractivity contribution in [3.8, 4) is 5.75 Å². The van der Waals surface area contributed by atoms with Crippen molar-refractivity contribution in [1.29, 1.82) is 0 Å².